The Kier molecular flexibility index (Phi) is 1.58. The van der Waals surface area contributed by atoms with Crippen molar-refractivity contribution in [2.75, 3.05) is 6.61 Å². The Morgan fingerprint density at radius 3 is 3.30 bits per heavy atom. The molecule has 1 atom stereocenters. The summed E-state index contributed by atoms with van der Waals surface area (Å²) in [5.41, 5.74) is 1.44. The predicted octanol–water partition coefficient (Wildman–Crippen LogP) is 1.92. The third kappa shape index (κ3) is 1.02. The summed E-state index contributed by atoms with van der Waals surface area (Å²) in [5.74, 6) is 0. The molecule has 0 aromatic heterocycles. The van der Waals surface area contributed by atoms with Gasteiger partial charge in [0.1, 0.15) is 0 Å². The van der Waals surface area contributed by atoms with E-state index < -0.39 is 0 Å². The lowest BCUT2D eigenvalue weighted by molar-refractivity contribution is 0.125. The third-order valence-electron chi connectivity index (χ3n) is 2.01. The van der Waals surface area contributed by atoms with E-state index in [9.17, 15) is 0 Å². The molecule has 2 aliphatic rings. The fourth-order valence-corrected chi connectivity index (χ4v) is 1.67. The summed E-state index contributed by atoms with van der Waals surface area (Å²) in [6.45, 7) is 0.894. The van der Waals surface area contributed by atoms with E-state index in [0.717, 1.165) is 24.4 Å². The topological polar surface area (TPSA) is 9.23 Å². The molecule has 10 heavy (non-hydrogen) atoms. The van der Waals surface area contributed by atoms with Gasteiger partial charge < -0.3 is 4.74 Å². The van der Waals surface area contributed by atoms with Gasteiger partial charge in [0.2, 0.25) is 0 Å². The zero-order chi connectivity index (χ0) is 6.97. The van der Waals surface area contributed by atoms with Crippen LogP contribution in [0.25, 0.3) is 0 Å². The highest BCUT2D eigenvalue weighted by molar-refractivity contribution is 7.84. The summed E-state index contributed by atoms with van der Waals surface area (Å²) in [6.07, 6.45) is 6.67. The van der Waals surface area contributed by atoms with Crippen LogP contribution in [0.4, 0.5) is 0 Å². The lowest BCUT2D eigenvalue weighted by Gasteiger charge is -2.14. The van der Waals surface area contributed by atoms with Crippen molar-refractivity contribution in [3.8, 4) is 0 Å². The van der Waals surface area contributed by atoms with Gasteiger partial charge in [-0.15, -0.1) is 12.6 Å². The van der Waals surface area contributed by atoms with E-state index in [-0.39, 0.29) is 0 Å². The molecule has 1 saturated heterocycles. The van der Waals surface area contributed by atoms with E-state index in [1.54, 1.807) is 0 Å². The minimum Gasteiger partial charge on any atom is -0.373 e. The van der Waals surface area contributed by atoms with E-state index >= 15 is 0 Å². The Balaban J connectivity index is 2.22. The first-order valence-electron chi connectivity index (χ1n) is 3.56. The fourth-order valence-electron chi connectivity index (χ4n) is 1.43. The molecule has 54 valence electrons. The molecule has 0 aromatic rings. The summed E-state index contributed by atoms with van der Waals surface area (Å²) in [5, 5.41) is 0. The summed E-state index contributed by atoms with van der Waals surface area (Å²) < 4.78 is 5.47. The Bertz CT molecular complexity index is 205. The number of allylic oxidation sites excluding steroid dienone is 2. The van der Waals surface area contributed by atoms with Gasteiger partial charge in [0.25, 0.3) is 0 Å². The molecule has 0 radical (unpaired) electrons. The Labute approximate surface area is 66.2 Å². The van der Waals surface area contributed by atoms with Crippen LogP contribution in [-0.2, 0) is 4.74 Å². The monoisotopic (exact) mass is 154 g/mol. The number of hydrogen-bond acceptors (Lipinski definition) is 2. The summed E-state index contributed by atoms with van der Waals surface area (Å²) >= 11 is 4.28. The maximum Gasteiger partial charge on any atom is 0.0834 e. The highest BCUT2D eigenvalue weighted by Crippen LogP contribution is 2.30. The maximum atomic E-state index is 5.47. The third-order valence-corrected chi connectivity index (χ3v) is 2.34. The van der Waals surface area contributed by atoms with Crippen LogP contribution in [0.1, 0.15) is 12.8 Å². The summed E-state index contributed by atoms with van der Waals surface area (Å²) in [6, 6.07) is 0. The lowest BCUT2D eigenvalue weighted by atomic mass is 10.0. The zero-order valence-electron chi connectivity index (χ0n) is 5.71. The van der Waals surface area contributed by atoms with Crippen molar-refractivity contribution < 1.29 is 4.74 Å². The predicted molar refractivity (Wildman–Crippen MR) is 44.1 cm³/mol. The Morgan fingerprint density at radius 1 is 1.50 bits per heavy atom. The fraction of sp³-hybridized carbons (Fsp3) is 0.500. The first-order chi connectivity index (χ1) is 4.86. The quantitative estimate of drug-likeness (QED) is 0.524. The number of hydrogen-bond donors (Lipinski definition) is 1. The lowest BCUT2D eigenvalue weighted by Crippen LogP contribution is -2.09. The molecule has 0 aromatic carbocycles. The first-order valence-corrected chi connectivity index (χ1v) is 4.01. The van der Waals surface area contributed by atoms with Crippen LogP contribution in [0.3, 0.4) is 0 Å². The van der Waals surface area contributed by atoms with Gasteiger partial charge in [-0.2, -0.15) is 0 Å². The number of rotatable bonds is 0. The van der Waals surface area contributed by atoms with Crippen LogP contribution in [-0.4, -0.2) is 12.7 Å². The molecule has 1 fully saturated rings. The van der Waals surface area contributed by atoms with Gasteiger partial charge in [0.05, 0.1) is 12.7 Å². The molecule has 0 N–H and O–H groups in total. The van der Waals surface area contributed by atoms with Crippen LogP contribution < -0.4 is 0 Å². The van der Waals surface area contributed by atoms with Crippen LogP contribution in [0.2, 0.25) is 0 Å². The minimum absolute atomic E-state index is 0.359. The van der Waals surface area contributed by atoms with Gasteiger partial charge in [0, 0.05) is 6.42 Å². The van der Waals surface area contributed by atoms with E-state index in [1.165, 1.54) is 5.57 Å². The highest BCUT2D eigenvalue weighted by atomic mass is 32.1. The second-order valence-corrected chi connectivity index (χ2v) is 3.29. The van der Waals surface area contributed by atoms with Crippen LogP contribution in [0.5, 0.6) is 0 Å². The van der Waals surface area contributed by atoms with Crippen molar-refractivity contribution in [1.29, 1.82) is 0 Å². The van der Waals surface area contributed by atoms with E-state index in [2.05, 4.69) is 24.8 Å². The molecule has 0 saturated carbocycles. The van der Waals surface area contributed by atoms with Gasteiger partial charge in [-0.25, -0.2) is 0 Å². The van der Waals surface area contributed by atoms with Crippen LogP contribution >= 0.6 is 12.6 Å². The van der Waals surface area contributed by atoms with Gasteiger partial charge in [-0.1, -0.05) is 12.2 Å². The standard InChI is InChI=1S/C8H10OS/c10-7-2-1-6-3-4-9-8(6)5-7/h1-2,8,10H,3-5H2. The molecule has 1 aliphatic carbocycles. The molecular formula is C8H10OS. The van der Waals surface area contributed by atoms with Crippen molar-refractivity contribution >= 4 is 12.6 Å². The van der Waals surface area contributed by atoms with Crippen molar-refractivity contribution in [1.82, 2.24) is 0 Å². The molecule has 1 aliphatic heterocycles. The second-order valence-electron chi connectivity index (χ2n) is 2.71. The van der Waals surface area contributed by atoms with Gasteiger partial charge in [-0.05, 0) is 16.9 Å². The zero-order valence-corrected chi connectivity index (χ0v) is 6.60. The number of fused-ring (bicyclic) bond motifs is 1. The molecular weight excluding hydrogens is 144 g/mol. The molecule has 0 bridgehead atoms. The van der Waals surface area contributed by atoms with Crippen LogP contribution in [0.15, 0.2) is 22.6 Å². The molecule has 1 heterocycles. The molecule has 0 spiro atoms. The van der Waals surface area contributed by atoms with Gasteiger partial charge in [-0.3, -0.25) is 0 Å². The Hall–Kier alpha value is -0.210. The van der Waals surface area contributed by atoms with Gasteiger partial charge >= 0.3 is 0 Å². The normalized spacial score (nSPS) is 31.1. The molecule has 1 nitrogen and oxygen atoms in total. The van der Waals surface area contributed by atoms with E-state index in [4.69, 9.17) is 4.74 Å². The van der Waals surface area contributed by atoms with Crippen LogP contribution in [0, 0.1) is 0 Å². The van der Waals surface area contributed by atoms with E-state index in [0.29, 0.717) is 6.10 Å². The smallest absolute Gasteiger partial charge is 0.0834 e. The molecule has 2 heteroatoms. The maximum absolute atomic E-state index is 5.47. The van der Waals surface area contributed by atoms with Crippen molar-refractivity contribution in [3.05, 3.63) is 22.6 Å². The second kappa shape index (κ2) is 2.44. The average Bonchev–Trinajstić information content (AvgIpc) is 2.33. The van der Waals surface area contributed by atoms with Crippen molar-refractivity contribution in [2.24, 2.45) is 0 Å². The first kappa shape index (κ1) is 6.50. The average molecular weight is 154 g/mol. The minimum atomic E-state index is 0.359. The van der Waals surface area contributed by atoms with Gasteiger partial charge in [0.15, 0.2) is 0 Å². The molecule has 2 rings (SSSR count). The Morgan fingerprint density at radius 2 is 2.40 bits per heavy atom. The summed E-state index contributed by atoms with van der Waals surface area (Å²) in [4.78, 5) is 1.13. The number of thiol groups is 1. The molecule has 1 unspecified atom stereocenters. The molecule has 0 amide bonds. The van der Waals surface area contributed by atoms with Crippen molar-refractivity contribution in [3.63, 3.8) is 0 Å². The number of ether oxygens (including phenoxy) is 1. The SMILES string of the molecule is SC1=CC=C2CCOC2C1. The highest BCUT2D eigenvalue weighted by Gasteiger charge is 2.23. The van der Waals surface area contributed by atoms with Crippen molar-refractivity contribution in [2.45, 2.75) is 18.9 Å². The largest absolute Gasteiger partial charge is 0.373 e. The summed E-state index contributed by atoms with van der Waals surface area (Å²) in [7, 11) is 0. The van der Waals surface area contributed by atoms with E-state index in [1.807, 2.05) is 0 Å².